The number of nitrogens with zero attached hydrogens (tertiary/aromatic N) is 1. The molecule has 1 aromatic heterocycles. The molecule has 0 saturated carbocycles. The van der Waals surface area contributed by atoms with Crippen molar-refractivity contribution in [1.82, 2.24) is 4.57 Å². The number of benzene rings is 2. The highest BCUT2D eigenvalue weighted by molar-refractivity contribution is 7.73. The smallest absolute Gasteiger partial charge is 0.253 e. The first kappa shape index (κ1) is 20.1. The van der Waals surface area contributed by atoms with Gasteiger partial charge in [-0.2, -0.15) is 0 Å². The van der Waals surface area contributed by atoms with Crippen LogP contribution in [0, 0.1) is 3.95 Å². The largest absolute Gasteiger partial charge is 0.497 e. The number of hydrogen-bond donors (Lipinski definition) is 1. The minimum atomic E-state index is -0.247. The number of nitrogens with one attached hydrogen (secondary N) is 1. The fourth-order valence-corrected chi connectivity index (χ4v) is 4.30. The van der Waals surface area contributed by atoms with E-state index in [0.717, 1.165) is 10.4 Å². The van der Waals surface area contributed by atoms with Crippen LogP contribution in [-0.2, 0) is 11.3 Å². The van der Waals surface area contributed by atoms with Gasteiger partial charge in [0.2, 0.25) is 12.7 Å². The SMILES string of the molecule is COc1ccc(NC(=O)CCn2c(=O)cc(-c3ccc4c(c3)OCO4)sc2=S)cc1. The second-order valence-corrected chi connectivity index (χ2v) is 8.14. The van der Waals surface area contributed by atoms with Crippen molar-refractivity contribution in [3.63, 3.8) is 0 Å². The van der Waals surface area contributed by atoms with Crippen molar-refractivity contribution in [1.29, 1.82) is 0 Å². The van der Waals surface area contributed by atoms with Crippen LogP contribution in [0.1, 0.15) is 6.42 Å². The van der Waals surface area contributed by atoms with Gasteiger partial charge in [0.25, 0.3) is 5.56 Å². The summed E-state index contributed by atoms with van der Waals surface area (Å²) in [7, 11) is 1.58. The first-order valence-electron chi connectivity index (χ1n) is 9.12. The molecule has 154 valence electrons. The van der Waals surface area contributed by atoms with Crippen molar-refractivity contribution >= 4 is 35.1 Å². The molecule has 7 nitrogen and oxygen atoms in total. The summed E-state index contributed by atoms with van der Waals surface area (Å²) in [6.07, 6.45) is 0.131. The lowest BCUT2D eigenvalue weighted by atomic mass is 10.2. The van der Waals surface area contributed by atoms with Gasteiger partial charge < -0.3 is 19.5 Å². The molecular weight excluding hydrogens is 424 g/mol. The fourth-order valence-electron chi connectivity index (χ4n) is 2.96. The number of carbonyl (C=O) groups is 1. The Hall–Kier alpha value is -3.17. The molecule has 4 rings (SSSR count). The minimum Gasteiger partial charge on any atom is -0.497 e. The second kappa shape index (κ2) is 8.68. The molecule has 9 heteroatoms. The molecule has 0 aliphatic carbocycles. The Labute approximate surface area is 181 Å². The normalized spacial score (nSPS) is 11.9. The first-order valence-corrected chi connectivity index (χ1v) is 10.3. The third-order valence-electron chi connectivity index (χ3n) is 4.53. The molecule has 3 aromatic rings. The molecule has 0 radical (unpaired) electrons. The van der Waals surface area contributed by atoms with E-state index in [0.29, 0.717) is 26.9 Å². The van der Waals surface area contributed by atoms with Crippen LogP contribution in [0.5, 0.6) is 17.2 Å². The van der Waals surface area contributed by atoms with Crippen molar-refractivity contribution in [2.45, 2.75) is 13.0 Å². The van der Waals surface area contributed by atoms with Gasteiger partial charge in [-0.15, -0.1) is 11.3 Å². The molecule has 0 spiro atoms. The summed E-state index contributed by atoms with van der Waals surface area (Å²) >= 11 is 6.73. The van der Waals surface area contributed by atoms with E-state index in [1.807, 2.05) is 18.2 Å². The van der Waals surface area contributed by atoms with E-state index in [9.17, 15) is 9.59 Å². The van der Waals surface area contributed by atoms with Crippen LogP contribution in [0.4, 0.5) is 5.69 Å². The van der Waals surface area contributed by atoms with Crippen molar-refractivity contribution in [3.8, 4) is 27.7 Å². The summed E-state index contributed by atoms with van der Waals surface area (Å²) in [5, 5.41) is 2.80. The first-order chi connectivity index (χ1) is 14.5. The third-order valence-corrected chi connectivity index (χ3v) is 5.97. The average molecular weight is 443 g/mol. The molecule has 0 bridgehead atoms. The highest BCUT2D eigenvalue weighted by atomic mass is 32.1. The maximum atomic E-state index is 12.6. The highest BCUT2D eigenvalue weighted by Crippen LogP contribution is 2.36. The van der Waals surface area contributed by atoms with E-state index < -0.39 is 0 Å². The lowest BCUT2D eigenvalue weighted by molar-refractivity contribution is -0.116. The summed E-state index contributed by atoms with van der Waals surface area (Å²) in [6.45, 7) is 0.395. The van der Waals surface area contributed by atoms with E-state index in [2.05, 4.69) is 5.32 Å². The van der Waals surface area contributed by atoms with Crippen LogP contribution >= 0.6 is 23.6 Å². The molecule has 1 amide bonds. The molecule has 1 aliphatic heterocycles. The number of hydrogen-bond acceptors (Lipinski definition) is 7. The van der Waals surface area contributed by atoms with Crippen molar-refractivity contribution in [2.75, 3.05) is 19.2 Å². The number of fused-ring (bicyclic) bond motifs is 1. The lowest BCUT2D eigenvalue weighted by Crippen LogP contribution is -2.22. The van der Waals surface area contributed by atoms with Gasteiger partial charge in [-0.3, -0.25) is 14.2 Å². The van der Waals surface area contributed by atoms with Gasteiger partial charge in [0.05, 0.1) is 7.11 Å². The number of carbonyl (C=O) groups excluding carboxylic acids is 1. The quantitative estimate of drug-likeness (QED) is 0.580. The molecule has 2 heterocycles. The molecule has 2 aromatic carbocycles. The van der Waals surface area contributed by atoms with Gasteiger partial charge in [-0.1, -0.05) is 0 Å². The molecular formula is C21H18N2O5S2. The number of aromatic nitrogens is 1. The topological polar surface area (TPSA) is 78.8 Å². The maximum absolute atomic E-state index is 12.6. The van der Waals surface area contributed by atoms with Crippen LogP contribution in [0.25, 0.3) is 10.4 Å². The second-order valence-electron chi connectivity index (χ2n) is 6.46. The molecule has 1 N–H and O–H groups in total. The Morgan fingerprint density at radius 1 is 1.17 bits per heavy atom. The highest BCUT2D eigenvalue weighted by Gasteiger charge is 2.15. The zero-order chi connectivity index (χ0) is 21.1. The van der Waals surface area contributed by atoms with Crippen LogP contribution in [0.3, 0.4) is 0 Å². The number of amides is 1. The Bertz CT molecular complexity index is 1170. The van der Waals surface area contributed by atoms with Crippen molar-refractivity contribution in [3.05, 3.63) is 62.8 Å². The van der Waals surface area contributed by atoms with Gasteiger partial charge >= 0.3 is 0 Å². The number of rotatable bonds is 6. The molecule has 1 aliphatic rings. The Morgan fingerprint density at radius 3 is 2.67 bits per heavy atom. The molecule has 0 fully saturated rings. The van der Waals surface area contributed by atoms with E-state index in [-0.39, 0.29) is 31.2 Å². The molecule has 0 saturated heterocycles. The fraction of sp³-hybridized carbons (Fsp3) is 0.190. The van der Waals surface area contributed by atoms with E-state index in [1.54, 1.807) is 31.4 Å². The predicted molar refractivity (Wildman–Crippen MR) is 117 cm³/mol. The summed E-state index contributed by atoms with van der Waals surface area (Å²) in [5.74, 6) is 1.83. The van der Waals surface area contributed by atoms with Crippen LogP contribution in [0.2, 0.25) is 0 Å². The van der Waals surface area contributed by atoms with E-state index in [4.69, 9.17) is 26.4 Å². The Kier molecular flexibility index (Phi) is 5.82. The zero-order valence-electron chi connectivity index (χ0n) is 16.0. The summed E-state index contributed by atoms with van der Waals surface area (Å²) in [5.41, 5.74) is 1.24. The minimum absolute atomic E-state index is 0.131. The van der Waals surface area contributed by atoms with E-state index in [1.165, 1.54) is 22.0 Å². The number of methoxy groups -OCH3 is 1. The molecule has 30 heavy (non-hydrogen) atoms. The Balaban J connectivity index is 1.45. The van der Waals surface area contributed by atoms with Gasteiger partial charge in [0.1, 0.15) is 5.75 Å². The summed E-state index contributed by atoms with van der Waals surface area (Å²) in [6, 6.07) is 14.1. The van der Waals surface area contributed by atoms with Crippen LogP contribution in [0.15, 0.2) is 53.3 Å². The van der Waals surface area contributed by atoms with Crippen molar-refractivity contribution in [2.24, 2.45) is 0 Å². The lowest BCUT2D eigenvalue weighted by Gasteiger charge is -2.09. The maximum Gasteiger partial charge on any atom is 0.253 e. The third kappa shape index (κ3) is 4.37. The molecule has 0 unspecified atom stereocenters. The van der Waals surface area contributed by atoms with E-state index >= 15 is 0 Å². The van der Waals surface area contributed by atoms with Crippen molar-refractivity contribution < 1.29 is 19.0 Å². The summed E-state index contributed by atoms with van der Waals surface area (Å²) < 4.78 is 17.6. The predicted octanol–water partition coefficient (Wildman–Crippen LogP) is 4.07. The average Bonchev–Trinajstić information content (AvgIpc) is 3.21. The molecule has 0 atom stereocenters. The number of ether oxygens (including phenoxy) is 3. The van der Waals surface area contributed by atoms with Crippen LogP contribution in [-0.4, -0.2) is 24.4 Å². The van der Waals surface area contributed by atoms with Gasteiger partial charge in [0, 0.05) is 29.6 Å². The van der Waals surface area contributed by atoms with Gasteiger partial charge in [-0.25, -0.2) is 0 Å². The van der Waals surface area contributed by atoms with Crippen LogP contribution < -0.4 is 25.1 Å². The summed E-state index contributed by atoms with van der Waals surface area (Å²) in [4.78, 5) is 25.6. The van der Waals surface area contributed by atoms with Gasteiger partial charge in [-0.05, 0) is 60.2 Å². The number of anilines is 1. The zero-order valence-corrected chi connectivity index (χ0v) is 17.7. The Morgan fingerprint density at radius 2 is 1.93 bits per heavy atom. The standard InChI is InChI=1S/C21H18N2O5S2/c1-26-15-5-3-14(4-6-15)22-19(24)8-9-23-20(25)11-18(30-21(23)29)13-2-7-16-17(10-13)28-12-27-16/h2-7,10-11H,8-9,12H2,1H3,(H,22,24). The van der Waals surface area contributed by atoms with Gasteiger partial charge in [0.15, 0.2) is 15.5 Å². The monoisotopic (exact) mass is 442 g/mol.